The predicted octanol–water partition coefficient (Wildman–Crippen LogP) is 3.88. The van der Waals surface area contributed by atoms with Gasteiger partial charge in [0.2, 0.25) is 0 Å². The van der Waals surface area contributed by atoms with Crippen LogP contribution in [0, 0.1) is 6.92 Å². The summed E-state index contributed by atoms with van der Waals surface area (Å²) in [5, 5.41) is 3.57. The Morgan fingerprint density at radius 2 is 1.74 bits per heavy atom. The summed E-state index contributed by atoms with van der Waals surface area (Å²) >= 11 is 1.31. The summed E-state index contributed by atoms with van der Waals surface area (Å²) in [5.41, 5.74) is 1.07. The summed E-state index contributed by atoms with van der Waals surface area (Å²) in [6.45, 7) is 3.22. The van der Waals surface area contributed by atoms with Crippen molar-refractivity contribution in [3.05, 3.63) is 81.6 Å². The molecule has 1 atom stereocenters. The molecule has 158 valence electrons. The lowest BCUT2D eigenvalue weighted by atomic mass is 10.2. The van der Waals surface area contributed by atoms with E-state index in [9.17, 15) is 14.4 Å². The van der Waals surface area contributed by atoms with Crippen molar-refractivity contribution in [2.45, 2.75) is 20.0 Å². The van der Waals surface area contributed by atoms with Gasteiger partial charge in [-0.2, -0.15) is 0 Å². The Morgan fingerprint density at radius 1 is 1.06 bits per heavy atom. The molecular formula is C23H21N3O4S. The minimum Gasteiger partial charge on any atom is -0.448 e. The summed E-state index contributed by atoms with van der Waals surface area (Å²) in [6, 6.07) is 18.5. The molecule has 0 saturated heterocycles. The molecule has 8 heteroatoms. The van der Waals surface area contributed by atoms with E-state index in [0.29, 0.717) is 16.3 Å². The monoisotopic (exact) mass is 435 g/mol. The lowest BCUT2D eigenvalue weighted by Gasteiger charge is -2.12. The van der Waals surface area contributed by atoms with Gasteiger partial charge in [-0.1, -0.05) is 36.4 Å². The molecule has 2 aromatic heterocycles. The van der Waals surface area contributed by atoms with Gasteiger partial charge in [-0.15, -0.1) is 11.3 Å². The number of benzene rings is 2. The number of fused-ring (bicyclic) bond motifs is 1. The van der Waals surface area contributed by atoms with Crippen molar-refractivity contribution < 1.29 is 14.3 Å². The van der Waals surface area contributed by atoms with Gasteiger partial charge in [-0.05, 0) is 43.5 Å². The normalized spacial score (nSPS) is 12.0. The average Bonchev–Trinajstić information content (AvgIpc) is 3.29. The summed E-state index contributed by atoms with van der Waals surface area (Å²) < 4.78 is 9.45. The molecule has 1 N–H and O–H groups in total. The molecule has 2 heterocycles. The third-order valence-corrected chi connectivity index (χ3v) is 6.18. The highest BCUT2D eigenvalue weighted by molar-refractivity contribution is 7.20. The van der Waals surface area contributed by atoms with Crippen LogP contribution in [0.25, 0.3) is 15.8 Å². The molecule has 4 aromatic rings. The van der Waals surface area contributed by atoms with Crippen molar-refractivity contribution in [3.63, 3.8) is 0 Å². The molecule has 31 heavy (non-hydrogen) atoms. The van der Waals surface area contributed by atoms with Crippen molar-refractivity contribution in [3.8, 4) is 5.69 Å². The largest absolute Gasteiger partial charge is 0.448 e. The SMILES string of the molecule is Cc1c(NC(=O)C(C)OC(=O)c2cc3ccccc3s2)c(=O)n(-c2ccccc2)n1C. The Morgan fingerprint density at radius 3 is 2.45 bits per heavy atom. The molecule has 0 saturated carbocycles. The number of aromatic nitrogens is 2. The highest BCUT2D eigenvalue weighted by Gasteiger charge is 2.24. The van der Waals surface area contributed by atoms with E-state index < -0.39 is 18.0 Å². The first-order valence-corrected chi connectivity index (χ1v) is 10.5. The van der Waals surface area contributed by atoms with Crippen LogP contribution < -0.4 is 10.9 Å². The van der Waals surface area contributed by atoms with Gasteiger partial charge >= 0.3 is 5.97 Å². The van der Waals surface area contributed by atoms with Gasteiger partial charge in [-0.3, -0.25) is 14.3 Å². The van der Waals surface area contributed by atoms with Crippen molar-refractivity contribution in [1.29, 1.82) is 0 Å². The Kier molecular flexibility index (Phi) is 5.48. The molecule has 0 aliphatic heterocycles. The Balaban J connectivity index is 1.51. The van der Waals surface area contributed by atoms with E-state index in [0.717, 1.165) is 10.1 Å². The molecule has 0 aliphatic rings. The number of carbonyl (C=O) groups excluding carboxylic acids is 2. The first kappa shape index (κ1) is 20.6. The zero-order chi connectivity index (χ0) is 22.1. The maximum Gasteiger partial charge on any atom is 0.349 e. The number of hydrogen-bond donors (Lipinski definition) is 1. The first-order valence-electron chi connectivity index (χ1n) is 9.71. The van der Waals surface area contributed by atoms with E-state index in [2.05, 4.69) is 5.32 Å². The van der Waals surface area contributed by atoms with Gasteiger partial charge in [-0.25, -0.2) is 9.48 Å². The van der Waals surface area contributed by atoms with Gasteiger partial charge in [0.25, 0.3) is 11.5 Å². The van der Waals surface area contributed by atoms with Gasteiger partial charge < -0.3 is 10.1 Å². The molecule has 0 radical (unpaired) electrons. The third-order valence-electron chi connectivity index (χ3n) is 5.08. The van der Waals surface area contributed by atoms with E-state index in [1.807, 2.05) is 54.6 Å². The fraction of sp³-hybridized carbons (Fsp3) is 0.174. The number of hydrogen-bond acceptors (Lipinski definition) is 5. The molecule has 1 unspecified atom stereocenters. The third kappa shape index (κ3) is 3.89. The summed E-state index contributed by atoms with van der Waals surface area (Å²) in [7, 11) is 1.74. The topological polar surface area (TPSA) is 82.3 Å². The van der Waals surface area contributed by atoms with Crippen LogP contribution in [0.4, 0.5) is 5.69 Å². The highest BCUT2D eigenvalue weighted by atomic mass is 32.1. The molecule has 7 nitrogen and oxygen atoms in total. The standard InChI is InChI=1S/C23H21N3O4S/c1-14-20(22(28)26(25(14)3)17-10-5-4-6-11-17)24-21(27)15(2)30-23(29)19-13-16-9-7-8-12-18(16)31-19/h4-13,15H,1-3H3,(H,24,27). The van der Waals surface area contributed by atoms with Crippen molar-refractivity contribution >= 4 is 39.0 Å². The molecule has 1 amide bonds. The molecule has 0 spiro atoms. The fourth-order valence-electron chi connectivity index (χ4n) is 3.29. The number of rotatable bonds is 5. The number of amides is 1. The van der Waals surface area contributed by atoms with E-state index in [1.165, 1.54) is 22.9 Å². The van der Waals surface area contributed by atoms with Crippen LogP contribution in [0.15, 0.2) is 65.5 Å². The summed E-state index contributed by atoms with van der Waals surface area (Å²) in [6.07, 6.45) is -1.07. The molecule has 0 bridgehead atoms. The quantitative estimate of drug-likeness (QED) is 0.482. The van der Waals surface area contributed by atoms with Crippen LogP contribution in [-0.4, -0.2) is 27.3 Å². The maximum absolute atomic E-state index is 12.9. The second-order valence-corrected chi connectivity index (χ2v) is 8.21. The van der Waals surface area contributed by atoms with Crippen LogP contribution in [0.3, 0.4) is 0 Å². The minimum absolute atomic E-state index is 0.154. The van der Waals surface area contributed by atoms with E-state index in [4.69, 9.17) is 4.74 Å². The summed E-state index contributed by atoms with van der Waals surface area (Å²) in [5.74, 6) is -1.14. The highest BCUT2D eigenvalue weighted by Crippen LogP contribution is 2.26. The Labute approximate surface area is 182 Å². The second-order valence-electron chi connectivity index (χ2n) is 7.12. The van der Waals surface area contributed by atoms with Gasteiger partial charge in [0.1, 0.15) is 10.6 Å². The molecule has 4 rings (SSSR count). The average molecular weight is 436 g/mol. The number of thiophene rings is 1. The van der Waals surface area contributed by atoms with Crippen molar-refractivity contribution in [2.75, 3.05) is 5.32 Å². The van der Waals surface area contributed by atoms with Crippen molar-refractivity contribution in [2.24, 2.45) is 7.05 Å². The van der Waals surface area contributed by atoms with Gasteiger partial charge in [0, 0.05) is 11.7 Å². The first-order chi connectivity index (χ1) is 14.9. The fourth-order valence-corrected chi connectivity index (χ4v) is 4.24. The van der Waals surface area contributed by atoms with Gasteiger partial charge in [0.05, 0.1) is 11.4 Å². The van der Waals surface area contributed by atoms with E-state index >= 15 is 0 Å². The Bertz CT molecular complexity index is 1300. The van der Waals surface area contributed by atoms with Crippen LogP contribution in [0.2, 0.25) is 0 Å². The molecular weight excluding hydrogens is 414 g/mol. The van der Waals surface area contributed by atoms with Gasteiger partial charge in [0.15, 0.2) is 6.10 Å². The zero-order valence-electron chi connectivity index (χ0n) is 17.3. The number of carbonyl (C=O) groups is 2. The van der Waals surface area contributed by atoms with Crippen LogP contribution in [0.1, 0.15) is 22.3 Å². The smallest absolute Gasteiger partial charge is 0.349 e. The number of nitrogens with zero attached hydrogens (tertiary/aromatic N) is 2. The number of anilines is 1. The second kappa shape index (κ2) is 8.23. The lowest BCUT2D eigenvalue weighted by molar-refractivity contribution is -0.123. The molecule has 0 aliphatic carbocycles. The van der Waals surface area contributed by atoms with Crippen LogP contribution in [0.5, 0.6) is 0 Å². The number of para-hydroxylation sites is 1. The maximum atomic E-state index is 12.9. The van der Waals surface area contributed by atoms with E-state index in [-0.39, 0.29) is 11.2 Å². The zero-order valence-corrected chi connectivity index (χ0v) is 18.1. The molecule has 2 aromatic carbocycles. The minimum atomic E-state index is -1.07. The Hall–Kier alpha value is -3.65. The molecule has 0 fully saturated rings. The number of nitrogens with one attached hydrogen (secondary N) is 1. The summed E-state index contributed by atoms with van der Waals surface area (Å²) in [4.78, 5) is 38.5. The van der Waals surface area contributed by atoms with Crippen molar-refractivity contribution in [1.82, 2.24) is 9.36 Å². The van der Waals surface area contributed by atoms with Crippen LogP contribution >= 0.6 is 11.3 Å². The number of esters is 1. The van der Waals surface area contributed by atoms with E-state index in [1.54, 1.807) is 24.7 Å². The number of ether oxygens (including phenoxy) is 1. The lowest BCUT2D eigenvalue weighted by Crippen LogP contribution is -2.32. The van der Waals surface area contributed by atoms with Crippen LogP contribution in [-0.2, 0) is 16.6 Å². The predicted molar refractivity (Wildman–Crippen MR) is 121 cm³/mol.